The molecule has 0 saturated carbocycles. The second kappa shape index (κ2) is 5.36. The summed E-state index contributed by atoms with van der Waals surface area (Å²) >= 11 is 0. The minimum Gasteiger partial charge on any atom is -0.453 e. The maximum absolute atomic E-state index is 12.1. The van der Waals surface area contributed by atoms with Crippen LogP contribution in [0, 0.1) is 6.92 Å². The first-order valence-electron chi connectivity index (χ1n) is 6.42. The molecule has 0 fully saturated rings. The Labute approximate surface area is 107 Å². The van der Waals surface area contributed by atoms with E-state index in [1.165, 1.54) is 0 Å². The number of Topliss-reactive ketones (excluding diaryl/α,β-unsaturated/α-hetero) is 1. The zero-order valence-electron chi connectivity index (χ0n) is 10.9. The van der Waals surface area contributed by atoms with E-state index in [0.717, 1.165) is 29.4 Å². The van der Waals surface area contributed by atoms with E-state index in [4.69, 9.17) is 10.2 Å². The third kappa shape index (κ3) is 2.62. The summed E-state index contributed by atoms with van der Waals surface area (Å²) in [6.45, 7) is 4.10. The van der Waals surface area contributed by atoms with Crippen LogP contribution in [0.25, 0.3) is 11.0 Å². The number of ketones is 1. The normalized spacial score (nSPS) is 12.8. The summed E-state index contributed by atoms with van der Waals surface area (Å²) in [5.41, 5.74) is 7.77. The molecule has 18 heavy (non-hydrogen) atoms. The lowest BCUT2D eigenvalue weighted by molar-refractivity contribution is 0.0931. The Bertz CT molecular complexity index is 557. The second-order valence-electron chi connectivity index (χ2n) is 4.76. The molecule has 1 aromatic carbocycles. The molecule has 1 unspecified atom stereocenters. The number of nitrogens with two attached hydrogens (primary N) is 1. The first kappa shape index (κ1) is 12.8. The third-order valence-electron chi connectivity index (χ3n) is 3.12. The van der Waals surface area contributed by atoms with Crippen LogP contribution in [0.5, 0.6) is 0 Å². The predicted molar refractivity (Wildman–Crippen MR) is 72.8 cm³/mol. The fraction of sp³-hybridized carbons (Fsp3) is 0.400. The number of hydrogen-bond acceptors (Lipinski definition) is 3. The Morgan fingerprint density at radius 1 is 1.39 bits per heavy atom. The lowest BCUT2D eigenvalue weighted by Gasteiger charge is -2.06. The second-order valence-corrected chi connectivity index (χ2v) is 4.76. The van der Waals surface area contributed by atoms with Crippen molar-refractivity contribution in [2.24, 2.45) is 5.73 Å². The van der Waals surface area contributed by atoms with E-state index < -0.39 is 6.04 Å². The molecule has 0 aliphatic rings. The monoisotopic (exact) mass is 245 g/mol. The number of carbonyl (C=O) groups excluding carboxylic acids is 1. The van der Waals surface area contributed by atoms with Gasteiger partial charge in [0.2, 0.25) is 5.78 Å². The highest BCUT2D eigenvalue weighted by atomic mass is 16.3. The van der Waals surface area contributed by atoms with Crippen LogP contribution in [0.15, 0.2) is 28.7 Å². The van der Waals surface area contributed by atoms with Gasteiger partial charge in [-0.1, -0.05) is 31.4 Å². The standard InChI is InChI=1S/C15H19NO2/c1-3-4-5-12(16)15(17)14-9-11-8-10(2)6-7-13(11)18-14/h6-9,12H,3-5,16H2,1-2H3. The van der Waals surface area contributed by atoms with Gasteiger partial charge >= 0.3 is 0 Å². The summed E-state index contributed by atoms with van der Waals surface area (Å²) in [6.07, 6.45) is 2.72. The molecule has 0 amide bonds. The molecule has 96 valence electrons. The lowest BCUT2D eigenvalue weighted by Crippen LogP contribution is -2.30. The van der Waals surface area contributed by atoms with Crippen molar-refractivity contribution in [3.8, 4) is 0 Å². The SMILES string of the molecule is CCCCC(N)C(=O)c1cc2cc(C)ccc2o1. The van der Waals surface area contributed by atoms with Crippen molar-refractivity contribution < 1.29 is 9.21 Å². The van der Waals surface area contributed by atoms with E-state index in [1.54, 1.807) is 6.07 Å². The van der Waals surface area contributed by atoms with E-state index >= 15 is 0 Å². The van der Waals surface area contributed by atoms with E-state index in [9.17, 15) is 4.79 Å². The van der Waals surface area contributed by atoms with Crippen molar-refractivity contribution in [2.45, 2.75) is 39.2 Å². The molecule has 1 atom stereocenters. The molecule has 1 aromatic heterocycles. The molecule has 0 radical (unpaired) electrons. The Morgan fingerprint density at radius 2 is 2.17 bits per heavy atom. The number of rotatable bonds is 5. The predicted octanol–water partition coefficient (Wildman–Crippen LogP) is 3.44. The van der Waals surface area contributed by atoms with Gasteiger partial charge in [-0.25, -0.2) is 0 Å². The van der Waals surface area contributed by atoms with Crippen LogP contribution in [0.1, 0.15) is 42.3 Å². The fourth-order valence-electron chi connectivity index (χ4n) is 2.02. The Hall–Kier alpha value is -1.61. The van der Waals surface area contributed by atoms with Gasteiger partial charge in [0.25, 0.3) is 0 Å². The van der Waals surface area contributed by atoms with Crippen LogP contribution in [0.2, 0.25) is 0 Å². The minimum absolute atomic E-state index is 0.0997. The summed E-state index contributed by atoms with van der Waals surface area (Å²) in [5.74, 6) is 0.275. The van der Waals surface area contributed by atoms with E-state index in [-0.39, 0.29) is 5.78 Å². The summed E-state index contributed by atoms with van der Waals surface area (Å²) in [5, 5.41) is 0.959. The minimum atomic E-state index is -0.452. The van der Waals surface area contributed by atoms with Crippen molar-refractivity contribution in [1.29, 1.82) is 0 Å². The number of unbranched alkanes of at least 4 members (excludes halogenated alkanes) is 1. The van der Waals surface area contributed by atoms with Crippen LogP contribution in [-0.2, 0) is 0 Å². The molecule has 1 heterocycles. The number of benzene rings is 1. The average Bonchev–Trinajstić information content (AvgIpc) is 2.77. The molecule has 0 saturated heterocycles. The topological polar surface area (TPSA) is 56.2 Å². The zero-order valence-corrected chi connectivity index (χ0v) is 10.9. The molecule has 2 rings (SSSR count). The molecule has 0 bridgehead atoms. The zero-order chi connectivity index (χ0) is 13.1. The molecule has 0 aliphatic carbocycles. The van der Waals surface area contributed by atoms with Crippen LogP contribution < -0.4 is 5.73 Å². The van der Waals surface area contributed by atoms with E-state index in [2.05, 4.69) is 6.92 Å². The van der Waals surface area contributed by atoms with Crippen LogP contribution >= 0.6 is 0 Å². The number of carbonyl (C=O) groups is 1. The maximum atomic E-state index is 12.1. The lowest BCUT2D eigenvalue weighted by atomic mass is 10.0. The highest BCUT2D eigenvalue weighted by molar-refractivity contribution is 6.00. The van der Waals surface area contributed by atoms with Gasteiger partial charge in [0.1, 0.15) is 5.58 Å². The number of hydrogen-bond donors (Lipinski definition) is 1. The van der Waals surface area contributed by atoms with Gasteiger partial charge in [-0.2, -0.15) is 0 Å². The average molecular weight is 245 g/mol. The smallest absolute Gasteiger partial charge is 0.214 e. The quantitative estimate of drug-likeness (QED) is 0.821. The van der Waals surface area contributed by atoms with Crippen LogP contribution in [-0.4, -0.2) is 11.8 Å². The molecule has 0 spiro atoms. The van der Waals surface area contributed by atoms with Gasteiger partial charge in [-0.15, -0.1) is 0 Å². The maximum Gasteiger partial charge on any atom is 0.214 e. The summed E-state index contributed by atoms with van der Waals surface area (Å²) in [4.78, 5) is 12.1. The largest absolute Gasteiger partial charge is 0.453 e. The van der Waals surface area contributed by atoms with Crippen LogP contribution in [0.4, 0.5) is 0 Å². The third-order valence-corrected chi connectivity index (χ3v) is 3.12. The fourth-order valence-corrected chi connectivity index (χ4v) is 2.02. The van der Waals surface area contributed by atoms with Gasteiger partial charge in [-0.05, 0) is 31.5 Å². The number of furan rings is 1. The van der Waals surface area contributed by atoms with Crippen molar-refractivity contribution in [3.05, 3.63) is 35.6 Å². The van der Waals surface area contributed by atoms with Gasteiger partial charge < -0.3 is 10.2 Å². The van der Waals surface area contributed by atoms with Gasteiger partial charge in [0.05, 0.1) is 6.04 Å². The highest BCUT2D eigenvalue weighted by Crippen LogP contribution is 2.21. The molecule has 0 aliphatic heterocycles. The summed E-state index contributed by atoms with van der Waals surface area (Å²) in [6, 6.07) is 7.20. The molecule has 2 aromatic rings. The number of fused-ring (bicyclic) bond motifs is 1. The first-order chi connectivity index (χ1) is 8.61. The van der Waals surface area contributed by atoms with Crippen molar-refractivity contribution in [2.75, 3.05) is 0 Å². The summed E-state index contributed by atoms with van der Waals surface area (Å²) in [7, 11) is 0. The van der Waals surface area contributed by atoms with Gasteiger partial charge in [0, 0.05) is 5.39 Å². The number of aryl methyl sites for hydroxylation is 1. The van der Waals surface area contributed by atoms with Crippen molar-refractivity contribution in [1.82, 2.24) is 0 Å². The van der Waals surface area contributed by atoms with Crippen molar-refractivity contribution in [3.63, 3.8) is 0 Å². The Balaban J connectivity index is 2.22. The molecular weight excluding hydrogens is 226 g/mol. The van der Waals surface area contributed by atoms with E-state index in [1.807, 2.05) is 25.1 Å². The Morgan fingerprint density at radius 3 is 2.89 bits per heavy atom. The van der Waals surface area contributed by atoms with Gasteiger partial charge in [0.15, 0.2) is 5.76 Å². The van der Waals surface area contributed by atoms with E-state index in [0.29, 0.717) is 12.2 Å². The van der Waals surface area contributed by atoms with Crippen molar-refractivity contribution >= 4 is 16.8 Å². The summed E-state index contributed by atoms with van der Waals surface area (Å²) < 4.78 is 5.56. The van der Waals surface area contributed by atoms with Gasteiger partial charge in [-0.3, -0.25) is 4.79 Å². The molecule has 3 heteroatoms. The molecular formula is C15H19NO2. The highest BCUT2D eigenvalue weighted by Gasteiger charge is 2.19. The molecule has 3 nitrogen and oxygen atoms in total. The van der Waals surface area contributed by atoms with Crippen LogP contribution in [0.3, 0.4) is 0 Å². The Kier molecular flexibility index (Phi) is 3.82. The molecule has 2 N–H and O–H groups in total. The first-order valence-corrected chi connectivity index (χ1v) is 6.42.